The maximum atomic E-state index is 12.5. The molecule has 4 nitrogen and oxygen atoms in total. The van der Waals surface area contributed by atoms with Crippen molar-refractivity contribution >= 4 is 22.9 Å². The normalized spacial score (nSPS) is 10.6. The van der Waals surface area contributed by atoms with Crippen molar-refractivity contribution in [1.29, 1.82) is 0 Å². The van der Waals surface area contributed by atoms with E-state index in [0.717, 1.165) is 27.7 Å². The molecular weight excluding hydrogens is 344 g/mol. The number of amides is 1. The summed E-state index contributed by atoms with van der Waals surface area (Å²) in [6.45, 7) is 8.35. The molecular formula is C21H22N2O2S. The Bertz CT molecular complexity index is 930. The smallest absolute Gasteiger partial charge is 0.267 e. The van der Waals surface area contributed by atoms with Crippen LogP contribution in [0.4, 0.5) is 5.69 Å². The van der Waals surface area contributed by atoms with E-state index in [4.69, 9.17) is 4.74 Å². The predicted molar refractivity (Wildman–Crippen MR) is 106 cm³/mol. The molecule has 0 aliphatic heterocycles. The Morgan fingerprint density at radius 1 is 1.04 bits per heavy atom. The summed E-state index contributed by atoms with van der Waals surface area (Å²) < 4.78 is 5.82. The number of aryl methyl sites for hydroxylation is 4. The summed E-state index contributed by atoms with van der Waals surface area (Å²) in [6.07, 6.45) is 0. The number of hydrogen-bond acceptors (Lipinski definition) is 4. The van der Waals surface area contributed by atoms with E-state index in [1.54, 1.807) is 0 Å². The molecule has 0 aliphatic carbocycles. The molecule has 0 radical (unpaired) electrons. The van der Waals surface area contributed by atoms with Crippen molar-refractivity contribution in [2.24, 2.45) is 0 Å². The minimum absolute atomic E-state index is 0.138. The highest BCUT2D eigenvalue weighted by molar-refractivity contribution is 7.13. The quantitative estimate of drug-likeness (QED) is 0.674. The fourth-order valence-electron chi connectivity index (χ4n) is 2.50. The highest BCUT2D eigenvalue weighted by Gasteiger charge is 2.16. The number of carbonyl (C=O) groups excluding carboxylic acids is 1. The fraction of sp³-hybridized carbons (Fsp3) is 0.238. The lowest BCUT2D eigenvalue weighted by molar-refractivity contribution is 0.103. The van der Waals surface area contributed by atoms with Gasteiger partial charge in [-0.2, -0.15) is 0 Å². The molecule has 1 N–H and O–H groups in total. The van der Waals surface area contributed by atoms with Crippen LogP contribution in [0.25, 0.3) is 0 Å². The first-order chi connectivity index (χ1) is 12.4. The fourth-order valence-corrected chi connectivity index (χ4v) is 3.37. The van der Waals surface area contributed by atoms with Crippen molar-refractivity contribution in [1.82, 2.24) is 4.98 Å². The van der Waals surface area contributed by atoms with Gasteiger partial charge in [-0.05, 0) is 63.1 Å². The molecule has 1 heterocycles. The van der Waals surface area contributed by atoms with E-state index in [0.29, 0.717) is 11.5 Å². The Kier molecular flexibility index (Phi) is 5.38. The standard InChI is InChI=1S/C21H22N2O2S/c1-13-5-8-17(9-6-13)23-21(24)20-16(4)22-19(26-20)12-25-18-10-7-14(2)15(3)11-18/h5-11H,12H2,1-4H3,(H,23,24). The van der Waals surface area contributed by atoms with Gasteiger partial charge in [0.25, 0.3) is 5.91 Å². The first-order valence-corrected chi connectivity index (χ1v) is 9.28. The molecule has 1 amide bonds. The number of carbonyl (C=O) groups is 1. The van der Waals surface area contributed by atoms with Crippen molar-refractivity contribution in [3.63, 3.8) is 0 Å². The lowest BCUT2D eigenvalue weighted by Gasteiger charge is -2.06. The van der Waals surface area contributed by atoms with Gasteiger partial charge in [0, 0.05) is 5.69 Å². The largest absolute Gasteiger partial charge is 0.486 e. The third kappa shape index (κ3) is 4.29. The maximum absolute atomic E-state index is 12.5. The number of anilines is 1. The summed E-state index contributed by atoms with van der Waals surface area (Å²) >= 11 is 1.37. The number of benzene rings is 2. The molecule has 0 saturated heterocycles. The minimum atomic E-state index is -0.138. The molecule has 0 aliphatic rings. The van der Waals surface area contributed by atoms with E-state index >= 15 is 0 Å². The first kappa shape index (κ1) is 18.1. The van der Waals surface area contributed by atoms with Crippen molar-refractivity contribution in [2.45, 2.75) is 34.3 Å². The monoisotopic (exact) mass is 366 g/mol. The highest BCUT2D eigenvalue weighted by Crippen LogP contribution is 2.23. The molecule has 5 heteroatoms. The molecule has 0 fully saturated rings. The van der Waals surface area contributed by atoms with Gasteiger partial charge in [0.2, 0.25) is 0 Å². The molecule has 0 atom stereocenters. The van der Waals surface area contributed by atoms with E-state index in [1.165, 1.54) is 22.5 Å². The van der Waals surface area contributed by atoms with Gasteiger partial charge in [-0.15, -0.1) is 11.3 Å². The maximum Gasteiger partial charge on any atom is 0.267 e. The third-order valence-electron chi connectivity index (χ3n) is 4.20. The van der Waals surface area contributed by atoms with Gasteiger partial charge in [0.15, 0.2) is 0 Å². The van der Waals surface area contributed by atoms with Crippen molar-refractivity contribution in [3.05, 3.63) is 74.7 Å². The number of rotatable bonds is 5. The molecule has 0 unspecified atom stereocenters. The Hall–Kier alpha value is -2.66. The molecule has 26 heavy (non-hydrogen) atoms. The molecule has 2 aromatic carbocycles. The SMILES string of the molecule is Cc1ccc(NC(=O)c2sc(COc3ccc(C)c(C)c3)nc2C)cc1. The van der Waals surface area contributed by atoms with Crippen molar-refractivity contribution < 1.29 is 9.53 Å². The van der Waals surface area contributed by atoms with E-state index in [9.17, 15) is 4.79 Å². The van der Waals surface area contributed by atoms with Crippen LogP contribution < -0.4 is 10.1 Å². The van der Waals surface area contributed by atoms with Gasteiger partial charge in [-0.3, -0.25) is 4.79 Å². The van der Waals surface area contributed by atoms with Gasteiger partial charge in [0.05, 0.1) is 5.69 Å². The second-order valence-electron chi connectivity index (χ2n) is 6.38. The highest BCUT2D eigenvalue weighted by atomic mass is 32.1. The van der Waals surface area contributed by atoms with Crippen LogP contribution in [0.1, 0.15) is 37.1 Å². The Morgan fingerprint density at radius 2 is 1.77 bits per heavy atom. The number of nitrogens with one attached hydrogen (secondary N) is 1. The van der Waals surface area contributed by atoms with Crippen LogP contribution in [0, 0.1) is 27.7 Å². The van der Waals surface area contributed by atoms with Gasteiger partial charge >= 0.3 is 0 Å². The van der Waals surface area contributed by atoms with Crippen LogP contribution in [0.5, 0.6) is 5.75 Å². The summed E-state index contributed by atoms with van der Waals surface area (Å²) in [5.74, 6) is 0.674. The predicted octanol–water partition coefficient (Wildman–Crippen LogP) is 5.21. The lowest BCUT2D eigenvalue weighted by Crippen LogP contribution is -2.11. The zero-order chi connectivity index (χ0) is 18.7. The Labute approximate surface area is 157 Å². The molecule has 134 valence electrons. The van der Waals surface area contributed by atoms with Crippen LogP contribution >= 0.6 is 11.3 Å². The zero-order valence-corrected chi connectivity index (χ0v) is 16.2. The molecule has 1 aromatic heterocycles. The van der Waals surface area contributed by atoms with Gasteiger partial charge in [-0.25, -0.2) is 4.98 Å². The summed E-state index contributed by atoms with van der Waals surface area (Å²) in [5.41, 5.74) is 5.08. The number of aromatic nitrogens is 1. The molecule has 0 spiro atoms. The molecule has 0 bridgehead atoms. The number of nitrogens with zero attached hydrogens (tertiary/aromatic N) is 1. The molecule has 0 saturated carbocycles. The van der Waals surface area contributed by atoms with Crippen molar-refractivity contribution in [2.75, 3.05) is 5.32 Å². The molecule has 3 rings (SSSR count). The summed E-state index contributed by atoms with van der Waals surface area (Å²) in [5, 5.41) is 3.70. The second-order valence-corrected chi connectivity index (χ2v) is 7.46. The van der Waals surface area contributed by atoms with Crippen LogP contribution in [0.3, 0.4) is 0 Å². The number of hydrogen-bond donors (Lipinski definition) is 1. The number of ether oxygens (including phenoxy) is 1. The second kappa shape index (κ2) is 7.70. The zero-order valence-electron chi connectivity index (χ0n) is 15.4. The van der Waals surface area contributed by atoms with E-state index in [-0.39, 0.29) is 5.91 Å². The summed E-state index contributed by atoms with van der Waals surface area (Å²) in [4.78, 5) is 17.6. The van der Waals surface area contributed by atoms with E-state index in [1.807, 2.05) is 56.3 Å². The van der Waals surface area contributed by atoms with E-state index in [2.05, 4.69) is 24.1 Å². The average molecular weight is 366 g/mol. The molecule has 3 aromatic rings. The lowest BCUT2D eigenvalue weighted by atomic mass is 10.1. The average Bonchev–Trinajstić information content (AvgIpc) is 2.99. The van der Waals surface area contributed by atoms with Gasteiger partial charge in [-0.1, -0.05) is 23.8 Å². The Balaban J connectivity index is 1.67. The van der Waals surface area contributed by atoms with Crippen LogP contribution in [0.2, 0.25) is 0 Å². The third-order valence-corrected chi connectivity index (χ3v) is 5.33. The van der Waals surface area contributed by atoms with Crippen LogP contribution in [-0.4, -0.2) is 10.9 Å². The van der Waals surface area contributed by atoms with Crippen LogP contribution in [-0.2, 0) is 6.61 Å². The number of thiazole rings is 1. The first-order valence-electron chi connectivity index (χ1n) is 8.47. The Morgan fingerprint density at radius 3 is 2.46 bits per heavy atom. The van der Waals surface area contributed by atoms with Crippen LogP contribution in [0.15, 0.2) is 42.5 Å². The minimum Gasteiger partial charge on any atom is -0.486 e. The van der Waals surface area contributed by atoms with Gasteiger partial charge < -0.3 is 10.1 Å². The van der Waals surface area contributed by atoms with Gasteiger partial charge in [0.1, 0.15) is 22.2 Å². The summed E-state index contributed by atoms with van der Waals surface area (Å²) in [7, 11) is 0. The topological polar surface area (TPSA) is 51.2 Å². The van der Waals surface area contributed by atoms with Crippen molar-refractivity contribution in [3.8, 4) is 5.75 Å². The van der Waals surface area contributed by atoms with E-state index < -0.39 is 0 Å². The summed E-state index contributed by atoms with van der Waals surface area (Å²) in [6, 6.07) is 13.7.